The smallest absolute Gasteiger partial charge is 0.379 e. The first kappa shape index (κ1) is 16.2. The van der Waals surface area contributed by atoms with Crippen molar-refractivity contribution < 1.29 is 19.1 Å². The SMILES string of the molecule is CCOC(=O)C(=O)c1cc(CCN(C)C)ccc1OC. The Kier molecular flexibility index (Phi) is 6.18. The van der Waals surface area contributed by atoms with Crippen LogP contribution in [0.2, 0.25) is 0 Å². The number of carbonyl (C=O) groups is 2. The number of carbonyl (C=O) groups excluding carboxylic acids is 2. The summed E-state index contributed by atoms with van der Waals surface area (Å²) in [6.45, 7) is 2.70. The fourth-order valence-corrected chi connectivity index (χ4v) is 1.75. The van der Waals surface area contributed by atoms with Crippen molar-refractivity contribution >= 4 is 11.8 Å². The van der Waals surface area contributed by atoms with Crippen molar-refractivity contribution in [3.8, 4) is 5.75 Å². The minimum Gasteiger partial charge on any atom is -0.496 e. The lowest BCUT2D eigenvalue weighted by atomic mass is 10.0. The topological polar surface area (TPSA) is 55.8 Å². The van der Waals surface area contributed by atoms with Crippen LogP contribution in [0.15, 0.2) is 18.2 Å². The summed E-state index contributed by atoms with van der Waals surface area (Å²) in [4.78, 5) is 25.6. The minimum absolute atomic E-state index is 0.174. The standard InChI is InChI=1S/C15H21NO4/c1-5-20-15(18)14(17)12-10-11(8-9-16(2)3)6-7-13(12)19-4/h6-7,10H,5,8-9H2,1-4H3. The molecule has 0 radical (unpaired) electrons. The lowest BCUT2D eigenvalue weighted by Gasteiger charge is -2.12. The highest BCUT2D eigenvalue weighted by Crippen LogP contribution is 2.21. The maximum absolute atomic E-state index is 12.0. The molecule has 0 bridgehead atoms. The van der Waals surface area contributed by atoms with E-state index in [4.69, 9.17) is 9.47 Å². The number of benzene rings is 1. The molecule has 5 nitrogen and oxygen atoms in total. The fraction of sp³-hybridized carbons (Fsp3) is 0.467. The zero-order valence-corrected chi connectivity index (χ0v) is 12.4. The molecule has 0 saturated carbocycles. The van der Waals surface area contributed by atoms with Gasteiger partial charge in [-0.15, -0.1) is 0 Å². The largest absolute Gasteiger partial charge is 0.496 e. The van der Waals surface area contributed by atoms with Crippen LogP contribution in [0.3, 0.4) is 0 Å². The van der Waals surface area contributed by atoms with Gasteiger partial charge in [0.2, 0.25) is 0 Å². The quantitative estimate of drug-likeness (QED) is 0.430. The summed E-state index contributed by atoms with van der Waals surface area (Å²) < 4.78 is 9.88. The molecule has 0 aliphatic heterocycles. The average molecular weight is 279 g/mol. The van der Waals surface area contributed by atoms with Crippen LogP contribution in [0.25, 0.3) is 0 Å². The second kappa shape index (κ2) is 7.65. The highest BCUT2D eigenvalue weighted by Gasteiger charge is 2.21. The molecule has 1 aromatic rings. The molecule has 0 amide bonds. The molecule has 0 fully saturated rings. The summed E-state index contributed by atoms with van der Waals surface area (Å²) in [5.41, 5.74) is 1.23. The Bertz CT molecular complexity index is 483. The number of ketones is 1. The van der Waals surface area contributed by atoms with Crippen LogP contribution in [0.5, 0.6) is 5.75 Å². The van der Waals surface area contributed by atoms with E-state index in [1.54, 1.807) is 19.1 Å². The Labute approximate surface area is 119 Å². The Balaban J connectivity index is 2.99. The third-order valence-electron chi connectivity index (χ3n) is 2.82. The van der Waals surface area contributed by atoms with Crippen LogP contribution in [0.4, 0.5) is 0 Å². The van der Waals surface area contributed by atoms with Crippen LogP contribution in [-0.2, 0) is 16.0 Å². The molecule has 0 unspecified atom stereocenters. The van der Waals surface area contributed by atoms with Gasteiger partial charge in [0.25, 0.3) is 5.78 Å². The first-order valence-corrected chi connectivity index (χ1v) is 6.52. The minimum atomic E-state index is -0.851. The predicted molar refractivity (Wildman–Crippen MR) is 76.2 cm³/mol. The molecule has 0 spiro atoms. The van der Waals surface area contributed by atoms with Gasteiger partial charge >= 0.3 is 5.97 Å². The molecule has 0 heterocycles. The highest BCUT2D eigenvalue weighted by molar-refractivity contribution is 6.41. The maximum Gasteiger partial charge on any atom is 0.379 e. The predicted octanol–water partition coefficient (Wildman–Crippen LogP) is 1.55. The molecule has 0 atom stereocenters. The molecule has 0 aliphatic carbocycles. The molecule has 20 heavy (non-hydrogen) atoms. The summed E-state index contributed by atoms with van der Waals surface area (Å²) >= 11 is 0. The van der Waals surface area contributed by atoms with Crippen LogP contribution in [-0.4, -0.2) is 51.0 Å². The van der Waals surface area contributed by atoms with Crippen molar-refractivity contribution in [3.05, 3.63) is 29.3 Å². The van der Waals surface area contributed by atoms with Gasteiger partial charge in [0, 0.05) is 6.54 Å². The van der Waals surface area contributed by atoms with E-state index in [0.29, 0.717) is 5.75 Å². The Morgan fingerprint density at radius 1 is 1.25 bits per heavy atom. The van der Waals surface area contributed by atoms with Gasteiger partial charge in [-0.1, -0.05) is 6.07 Å². The van der Waals surface area contributed by atoms with Gasteiger partial charge in [-0.05, 0) is 45.1 Å². The molecule has 0 aliphatic rings. The number of likely N-dealkylation sites (N-methyl/N-ethyl adjacent to an activating group) is 1. The average Bonchev–Trinajstić information content (AvgIpc) is 2.44. The third kappa shape index (κ3) is 4.35. The normalized spacial score (nSPS) is 10.4. The van der Waals surface area contributed by atoms with E-state index >= 15 is 0 Å². The van der Waals surface area contributed by atoms with Gasteiger partial charge in [0.1, 0.15) is 5.75 Å². The summed E-state index contributed by atoms with van der Waals surface area (Å²) in [6.07, 6.45) is 0.792. The van der Waals surface area contributed by atoms with Crippen molar-refractivity contribution in [1.29, 1.82) is 0 Å². The van der Waals surface area contributed by atoms with E-state index < -0.39 is 11.8 Å². The first-order chi connectivity index (χ1) is 9.49. The Morgan fingerprint density at radius 3 is 2.50 bits per heavy atom. The van der Waals surface area contributed by atoms with E-state index in [1.807, 2.05) is 20.2 Å². The van der Waals surface area contributed by atoms with Crippen LogP contribution in [0, 0.1) is 0 Å². The van der Waals surface area contributed by atoms with Crippen LogP contribution in [0.1, 0.15) is 22.8 Å². The molecular formula is C15H21NO4. The summed E-state index contributed by atoms with van der Waals surface area (Å²) in [6, 6.07) is 5.29. The molecule has 0 saturated heterocycles. The monoisotopic (exact) mass is 279 g/mol. The molecular weight excluding hydrogens is 258 g/mol. The van der Waals surface area contributed by atoms with Gasteiger partial charge in [-0.3, -0.25) is 4.79 Å². The van der Waals surface area contributed by atoms with E-state index in [1.165, 1.54) is 7.11 Å². The number of rotatable bonds is 7. The number of hydrogen-bond donors (Lipinski definition) is 0. The Hall–Kier alpha value is -1.88. The van der Waals surface area contributed by atoms with Gasteiger partial charge in [0.05, 0.1) is 19.3 Å². The lowest BCUT2D eigenvalue weighted by molar-refractivity contribution is -0.137. The van der Waals surface area contributed by atoms with Crippen LogP contribution >= 0.6 is 0 Å². The molecule has 1 rings (SSSR count). The zero-order chi connectivity index (χ0) is 15.1. The summed E-state index contributed by atoms with van der Waals surface area (Å²) in [7, 11) is 5.43. The molecule has 1 aromatic carbocycles. The number of methoxy groups -OCH3 is 1. The second-order valence-electron chi connectivity index (χ2n) is 4.64. The third-order valence-corrected chi connectivity index (χ3v) is 2.82. The van der Waals surface area contributed by atoms with Crippen molar-refractivity contribution in [3.63, 3.8) is 0 Å². The van der Waals surface area contributed by atoms with E-state index in [-0.39, 0.29) is 12.2 Å². The van der Waals surface area contributed by atoms with Gasteiger partial charge in [0.15, 0.2) is 0 Å². The summed E-state index contributed by atoms with van der Waals surface area (Å²) in [5.74, 6) is -1.14. The second-order valence-corrected chi connectivity index (χ2v) is 4.64. The van der Waals surface area contributed by atoms with Gasteiger partial charge in [-0.2, -0.15) is 0 Å². The Morgan fingerprint density at radius 2 is 1.95 bits per heavy atom. The van der Waals surface area contributed by atoms with Crippen molar-refractivity contribution in [2.45, 2.75) is 13.3 Å². The maximum atomic E-state index is 12.0. The number of esters is 1. The van der Waals surface area contributed by atoms with Crippen LogP contribution < -0.4 is 4.74 Å². The molecule has 110 valence electrons. The summed E-state index contributed by atoms with van der Waals surface area (Å²) in [5, 5.41) is 0. The number of ether oxygens (including phenoxy) is 2. The highest BCUT2D eigenvalue weighted by atomic mass is 16.5. The van der Waals surface area contributed by atoms with Crippen molar-refractivity contribution in [2.24, 2.45) is 0 Å². The lowest BCUT2D eigenvalue weighted by Crippen LogP contribution is -2.19. The van der Waals surface area contributed by atoms with E-state index in [0.717, 1.165) is 18.5 Å². The molecule has 0 N–H and O–H groups in total. The van der Waals surface area contributed by atoms with Gasteiger partial charge < -0.3 is 14.4 Å². The van der Waals surface area contributed by atoms with Crippen molar-refractivity contribution in [1.82, 2.24) is 4.90 Å². The van der Waals surface area contributed by atoms with E-state index in [2.05, 4.69) is 4.90 Å². The van der Waals surface area contributed by atoms with E-state index in [9.17, 15) is 9.59 Å². The molecule has 5 heteroatoms. The number of hydrogen-bond acceptors (Lipinski definition) is 5. The molecule has 0 aromatic heterocycles. The number of nitrogens with zero attached hydrogens (tertiary/aromatic N) is 1. The fourth-order valence-electron chi connectivity index (χ4n) is 1.75. The van der Waals surface area contributed by atoms with Gasteiger partial charge in [-0.25, -0.2) is 4.79 Å². The first-order valence-electron chi connectivity index (χ1n) is 6.52. The number of Topliss-reactive ketones (excluding diaryl/α,β-unsaturated/α-hetero) is 1. The zero-order valence-electron chi connectivity index (χ0n) is 12.4. The van der Waals surface area contributed by atoms with Crippen molar-refractivity contribution in [2.75, 3.05) is 34.4 Å².